The zero-order valence-electron chi connectivity index (χ0n) is 20.7. The Balaban J connectivity index is 1.37. The smallest absolute Gasteiger partial charge is 0.309 e. The SMILES string of the molecule is COc1ccc2ncc(F)c([C@@H](O)CCC3(C(=O)O)CCN(CCSc4cc(F)cc(F)c4F)CC3)c2c1. The molecule has 1 fully saturated rings. The Bertz CT molecular complexity index is 1320. The van der Waals surface area contributed by atoms with Gasteiger partial charge in [0, 0.05) is 34.2 Å². The maximum atomic E-state index is 14.7. The fraction of sp³-hybridized carbons (Fsp3) is 0.407. The van der Waals surface area contributed by atoms with Crippen molar-refractivity contribution >= 4 is 28.6 Å². The number of rotatable bonds is 10. The molecule has 1 saturated heterocycles. The van der Waals surface area contributed by atoms with Crippen molar-refractivity contribution < 1.29 is 37.3 Å². The minimum absolute atomic E-state index is 0.0415. The Hall–Kier alpha value is -2.89. The quantitative estimate of drug-likeness (QED) is 0.193. The monoisotopic (exact) mass is 552 g/mol. The molecule has 0 bridgehead atoms. The Morgan fingerprint density at radius 1 is 1.16 bits per heavy atom. The van der Waals surface area contributed by atoms with Gasteiger partial charge in [0.1, 0.15) is 17.4 Å². The second kappa shape index (κ2) is 11.9. The highest BCUT2D eigenvalue weighted by molar-refractivity contribution is 7.99. The van der Waals surface area contributed by atoms with Crippen molar-refractivity contribution in [2.45, 2.75) is 36.7 Å². The van der Waals surface area contributed by atoms with Gasteiger partial charge in [-0.1, -0.05) is 0 Å². The Morgan fingerprint density at radius 3 is 2.58 bits per heavy atom. The van der Waals surface area contributed by atoms with Gasteiger partial charge in [-0.3, -0.25) is 9.78 Å². The lowest BCUT2D eigenvalue weighted by atomic mass is 9.74. The molecule has 0 unspecified atom stereocenters. The maximum Gasteiger partial charge on any atom is 0.309 e. The minimum Gasteiger partial charge on any atom is -0.497 e. The van der Waals surface area contributed by atoms with Crippen LogP contribution in [0.4, 0.5) is 17.6 Å². The molecule has 2 aromatic carbocycles. The van der Waals surface area contributed by atoms with E-state index < -0.39 is 40.8 Å². The Kier molecular flexibility index (Phi) is 8.79. The van der Waals surface area contributed by atoms with Crippen LogP contribution in [-0.2, 0) is 4.79 Å². The highest BCUT2D eigenvalue weighted by Gasteiger charge is 2.41. The topological polar surface area (TPSA) is 82.9 Å². The molecular formula is C27H28F4N2O4S. The van der Waals surface area contributed by atoms with Crippen LogP contribution in [0.1, 0.15) is 37.4 Å². The molecule has 0 radical (unpaired) electrons. The van der Waals surface area contributed by atoms with Crippen LogP contribution in [0.25, 0.3) is 10.9 Å². The second-order valence-corrected chi connectivity index (χ2v) is 10.6. The Labute approximate surface area is 221 Å². The zero-order valence-corrected chi connectivity index (χ0v) is 21.5. The van der Waals surface area contributed by atoms with E-state index in [1.165, 1.54) is 7.11 Å². The van der Waals surface area contributed by atoms with Crippen LogP contribution in [0.5, 0.6) is 5.75 Å². The molecule has 6 nitrogen and oxygen atoms in total. The molecule has 0 saturated carbocycles. The van der Waals surface area contributed by atoms with Crippen LogP contribution in [-0.4, -0.2) is 58.6 Å². The van der Waals surface area contributed by atoms with Gasteiger partial charge >= 0.3 is 5.97 Å². The molecule has 2 heterocycles. The van der Waals surface area contributed by atoms with E-state index in [0.29, 0.717) is 60.9 Å². The first kappa shape index (κ1) is 28.1. The fourth-order valence-corrected chi connectivity index (χ4v) is 5.88. The molecule has 4 rings (SSSR count). The summed E-state index contributed by atoms with van der Waals surface area (Å²) in [6.07, 6.45) is 0.625. The Morgan fingerprint density at radius 2 is 1.89 bits per heavy atom. The van der Waals surface area contributed by atoms with E-state index >= 15 is 0 Å². The van der Waals surface area contributed by atoms with Gasteiger partial charge in [-0.15, -0.1) is 11.8 Å². The van der Waals surface area contributed by atoms with Gasteiger partial charge in [0.2, 0.25) is 0 Å². The van der Waals surface area contributed by atoms with Crippen LogP contribution < -0.4 is 4.74 Å². The lowest BCUT2D eigenvalue weighted by molar-refractivity contribution is -0.153. The summed E-state index contributed by atoms with van der Waals surface area (Å²) in [5.41, 5.74) is -0.537. The van der Waals surface area contributed by atoms with Crippen molar-refractivity contribution in [3.05, 3.63) is 65.4 Å². The first-order valence-corrected chi connectivity index (χ1v) is 13.2. The molecule has 1 aliphatic heterocycles. The van der Waals surface area contributed by atoms with E-state index in [9.17, 15) is 32.6 Å². The third-order valence-electron chi connectivity index (χ3n) is 7.19. The molecule has 1 atom stereocenters. The van der Waals surface area contributed by atoms with Crippen LogP contribution in [0.2, 0.25) is 0 Å². The number of fused-ring (bicyclic) bond motifs is 1. The highest BCUT2D eigenvalue weighted by Crippen LogP contribution is 2.40. The number of carboxylic acid groups (broad SMARTS) is 1. The average molecular weight is 553 g/mol. The summed E-state index contributed by atoms with van der Waals surface area (Å²) in [7, 11) is 1.48. The molecule has 0 spiro atoms. The standard InChI is InChI=1S/C27H28F4N2O4S/c1-37-17-2-3-21-18(14-17)24(20(30)15-32-21)22(34)4-5-27(26(35)36)6-8-33(9-7-27)10-11-38-23-13-16(28)12-19(29)25(23)31/h2-3,12-15,22,34H,4-11H2,1H3,(H,35,36)/t22-/m0/s1. The number of aliphatic carboxylic acids is 1. The summed E-state index contributed by atoms with van der Waals surface area (Å²) in [5.74, 6) is -3.97. The summed E-state index contributed by atoms with van der Waals surface area (Å²) in [6.45, 7) is 1.38. The summed E-state index contributed by atoms with van der Waals surface area (Å²) in [4.78, 5) is 18.2. The molecule has 1 aliphatic rings. The number of hydrogen-bond donors (Lipinski definition) is 2. The van der Waals surface area contributed by atoms with Crippen molar-refractivity contribution in [2.75, 3.05) is 32.5 Å². The van der Waals surface area contributed by atoms with Crippen LogP contribution in [0, 0.1) is 28.7 Å². The summed E-state index contributed by atoms with van der Waals surface area (Å²) in [6, 6.07) is 6.38. The molecule has 38 heavy (non-hydrogen) atoms. The molecule has 204 valence electrons. The number of nitrogens with zero attached hydrogens (tertiary/aromatic N) is 2. The molecule has 0 aliphatic carbocycles. The van der Waals surface area contributed by atoms with Crippen molar-refractivity contribution in [3.8, 4) is 5.75 Å². The molecule has 0 amide bonds. The number of carboxylic acids is 1. The average Bonchev–Trinajstić information content (AvgIpc) is 2.90. The van der Waals surface area contributed by atoms with E-state index in [4.69, 9.17) is 4.74 Å². The molecular weight excluding hydrogens is 524 g/mol. The third-order valence-corrected chi connectivity index (χ3v) is 8.18. The van der Waals surface area contributed by atoms with Crippen molar-refractivity contribution in [1.29, 1.82) is 0 Å². The fourth-order valence-electron chi connectivity index (χ4n) is 4.89. The molecule has 1 aromatic heterocycles. The first-order chi connectivity index (χ1) is 18.1. The number of aromatic nitrogens is 1. The van der Waals surface area contributed by atoms with Crippen molar-refractivity contribution in [3.63, 3.8) is 0 Å². The number of piperidine rings is 1. The van der Waals surface area contributed by atoms with Gasteiger partial charge in [0.05, 0.1) is 30.3 Å². The second-order valence-electron chi connectivity index (χ2n) is 9.43. The molecule has 11 heteroatoms. The lowest BCUT2D eigenvalue weighted by Gasteiger charge is -2.39. The summed E-state index contributed by atoms with van der Waals surface area (Å²) < 4.78 is 60.6. The van der Waals surface area contributed by atoms with Gasteiger partial charge in [-0.05, 0) is 63.0 Å². The van der Waals surface area contributed by atoms with E-state index in [1.807, 2.05) is 4.90 Å². The largest absolute Gasteiger partial charge is 0.497 e. The minimum atomic E-state index is -1.24. The number of aliphatic hydroxyl groups excluding tert-OH is 1. The van der Waals surface area contributed by atoms with Crippen LogP contribution in [0.15, 0.2) is 41.4 Å². The van der Waals surface area contributed by atoms with Gasteiger partial charge in [-0.25, -0.2) is 17.6 Å². The van der Waals surface area contributed by atoms with Gasteiger partial charge in [0.15, 0.2) is 11.6 Å². The number of likely N-dealkylation sites (tertiary alicyclic amines) is 1. The predicted octanol–water partition coefficient (Wildman–Crippen LogP) is 5.57. The van der Waals surface area contributed by atoms with Crippen molar-refractivity contribution in [1.82, 2.24) is 9.88 Å². The predicted molar refractivity (Wildman–Crippen MR) is 135 cm³/mol. The number of benzene rings is 2. The number of halogens is 4. The molecule has 3 aromatic rings. The number of carbonyl (C=O) groups is 1. The zero-order chi connectivity index (χ0) is 27.4. The number of hydrogen-bond acceptors (Lipinski definition) is 6. The highest BCUT2D eigenvalue weighted by atomic mass is 32.2. The van der Waals surface area contributed by atoms with Crippen LogP contribution >= 0.6 is 11.8 Å². The number of methoxy groups -OCH3 is 1. The number of thioether (sulfide) groups is 1. The van der Waals surface area contributed by atoms with Gasteiger partial charge in [0.25, 0.3) is 0 Å². The van der Waals surface area contributed by atoms with Crippen molar-refractivity contribution in [2.24, 2.45) is 5.41 Å². The summed E-state index contributed by atoms with van der Waals surface area (Å²) in [5, 5.41) is 21.4. The van der Waals surface area contributed by atoms with E-state index in [-0.39, 0.29) is 23.3 Å². The summed E-state index contributed by atoms with van der Waals surface area (Å²) >= 11 is 0.996. The first-order valence-electron chi connectivity index (χ1n) is 12.2. The van der Waals surface area contributed by atoms with Gasteiger partial charge in [-0.2, -0.15) is 0 Å². The van der Waals surface area contributed by atoms with Gasteiger partial charge < -0.3 is 19.8 Å². The number of aliphatic hydroxyl groups is 1. The lowest BCUT2D eigenvalue weighted by Crippen LogP contribution is -2.45. The van der Waals surface area contributed by atoms with Crippen LogP contribution in [0.3, 0.4) is 0 Å². The third kappa shape index (κ3) is 6.05. The van der Waals surface area contributed by atoms with E-state index in [0.717, 1.165) is 24.0 Å². The number of ether oxygens (including phenoxy) is 1. The van der Waals surface area contributed by atoms with E-state index in [2.05, 4.69) is 4.98 Å². The van der Waals surface area contributed by atoms with E-state index in [1.54, 1.807) is 18.2 Å². The number of pyridine rings is 1. The normalized spacial score (nSPS) is 16.5. The molecule has 2 N–H and O–H groups in total. The maximum absolute atomic E-state index is 14.7.